The van der Waals surface area contributed by atoms with Crippen LogP contribution in [0.25, 0.3) is 0 Å². The van der Waals surface area contributed by atoms with E-state index < -0.39 is 35.6 Å². The van der Waals surface area contributed by atoms with E-state index in [1.807, 2.05) is 18.2 Å². The Morgan fingerprint density at radius 3 is 1.28 bits per heavy atom. The van der Waals surface area contributed by atoms with E-state index in [4.69, 9.17) is 15.2 Å². The second-order valence-corrected chi connectivity index (χ2v) is 14.4. The molecule has 2 saturated heterocycles. The van der Waals surface area contributed by atoms with Gasteiger partial charge in [0.05, 0.1) is 23.8 Å². The number of carbonyl (C=O) groups is 8. The SMILES string of the molecule is O=C(CCCC(=O)ON1C(=O)CCC1=O)Nc1ccc(C2=NNC(c3ccccn3)=NN2)nc1.O=C(O)CCCC(=O)Nc1ccc(C2=NNC(c3ccccn3)=NN2)nc1.O=C1CCC(=O)N1O. The largest absolute Gasteiger partial charge is 0.481 e. The van der Waals surface area contributed by atoms with Gasteiger partial charge in [0, 0.05) is 63.8 Å². The number of carboxylic acid groups (broad SMARTS) is 1. The van der Waals surface area contributed by atoms with Crippen molar-refractivity contribution in [3.05, 3.63) is 108 Å². The minimum atomic E-state index is -0.919. The molecule has 2 fully saturated rings. The molecule has 6 amide bonds. The summed E-state index contributed by atoms with van der Waals surface area (Å²) >= 11 is 0. The van der Waals surface area contributed by atoms with E-state index in [9.17, 15) is 38.4 Å². The molecule has 0 unspecified atom stereocenters. The molecule has 0 aromatic carbocycles. The molecule has 8 N–H and O–H groups in total. The number of hydrazone groups is 4. The molecule has 8 heterocycles. The molecule has 8 rings (SSSR count). The van der Waals surface area contributed by atoms with Crippen molar-refractivity contribution in [2.24, 2.45) is 20.4 Å². The third-order valence-corrected chi connectivity index (χ3v) is 9.29. The number of anilines is 2. The van der Waals surface area contributed by atoms with Gasteiger partial charge in [0.25, 0.3) is 23.6 Å². The maximum absolute atomic E-state index is 12.1. The number of aliphatic carboxylic acids is 1. The van der Waals surface area contributed by atoms with Crippen LogP contribution >= 0.6 is 0 Å². The number of carboxylic acids is 1. The minimum Gasteiger partial charge on any atom is -0.481 e. The molecule has 0 bridgehead atoms. The number of hydrogen-bond acceptors (Lipinski definition) is 22. The van der Waals surface area contributed by atoms with Gasteiger partial charge < -0.3 is 20.6 Å². The predicted octanol–water partition coefficient (Wildman–Crippen LogP) is 0.820. The number of nitrogens with one attached hydrogen (secondary N) is 6. The van der Waals surface area contributed by atoms with E-state index >= 15 is 0 Å². The lowest BCUT2D eigenvalue weighted by molar-refractivity contribution is -0.197. The zero-order valence-electron chi connectivity index (χ0n) is 36.2. The van der Waals surface area contributed by atoms with Gasteiger partial charge in [0.15, 0.2) is 23.3 Å². The first-order valence-electron chi connectivity index (χ1n) is 20.9. The molecule has 0 spiro atoms. The number of hydroxylamine groups is 4. The van der Waals surface area contributed by atoms with Crippen molar-refractivity contribution in [3.8, 4) is 0 Å². The second kappa shape index (κ2) is 24.2. The van der Waals surface area contributed by atoms with Crippen LogP contribution in [0.2, 0.25) is 0 Å². The van der Waals surface area contributed by atoms with Gasteiger partial charge in [-0.15, -0.1) is 5.06 Å². The topological polar surface area (TPSA) is 366 Å². The summed E-state index contributed by atoms with van der Waals surface area (Å²) in [4.78, 5) is 111. The fourth-order valence-electron chi connectivity index (χ4n) is 5.83. The van der Waals surface area contributed by atoms with Gasteiger partial charge >= 0.3 is 11.9 Å². The van der Waals surface area contributed by atoms with Crippen LogP contribution in [0.15, 0.2) is 106 Å². The highest BCUT2D eigenvalue weighted by Gasteiger charge is 2.32. The second-order valence-electron chi connectivity index (χ2n) is 14.4. The van der Waals surface area contributed by atoms with E-state index in [0.29, 0.717) is 62.6 Å². The molecule has 0 aliphatic carbocycles. The molecule has 4 aromatic rings. The van der Waals surface area contributed by atoms with Crippen LogP contribution in [0.4, 0.5) is 11.4 Å². The highest BCUT2D eigenvalue weighted by atomic mass is 16.7. The minimum absolute atomic E-state index is 0.0285. The molecule has 4 aliphatic rings. The van der Waals surface area contributed by atoms with Crippen LogP contribution in [0.3, 0.4) is 0 Å². The number of amides is 6. The lowest BCUT2D eigenvalue weighted by Gasteiger charge is -2.14. The summed E-state index contributed by atoms with van der Waals surface area (Å²) in [6.45, 7) is 0. The Labute approximate surface area is 390 Å². The van der Waals surface area contributed by atoms with Crippen molar-refractivity contribution in [2.75, 3.05) is 10.6 Å². The van der Waals surface area contributed by atoms with Gasteiger partial charge in [-0.2, -0.15) is 25.5 Å². The fourth-order valence-corrected chi connectivity index (χ4v) is 5.83. The Balaban J connectivity index is 0.000000199. The van der Waals surface area contributed by atoms with E-state index in [1.54, 1.807) is 54.9 Å². The van der Waals surface area contributed by atoms with Crippen LogP contribution in [0.5, 0.6) is 0 Å². The lowest BCUT2D eigenvalue weighted by atomic mass is 10.2. The standard InChI is InChI=1S/C21H20N8O5.C17H17N7O3.C4H5NO3/c30-16(5-3-6-19(33)34-29-17(31)9-10-18(29)32)24-13-7-8-15(23-12-13)21-27-25-20(26-28-21)14-4-1-2-11-22-14;25-14(5-3-6-15(26)27)20-11-7-8-13(19-10-11)17-23-21-16(22-24-17)12-4-1-2-9-18-12;6-3-1-2-4(7)5(3)8/h1-2,4,7-8,11-12H,3,5-6,9-10H2,(H,24,30)(H,25,26)(H,27,28);1-2,4,7-10H,3,5-6H2,(H,20,25)(H,21,22)(H,23,24)(H,26,27);8H,1-2H2. The van der Waals surface area contributed by atoms with Crippen molar-refractivity contribution < 1.29 is 53.5 Å². The monoisotopic (exact) mass is 946 g/mol. The normalized spacial score (nSPS) is 14.9. The molecule has 27 heteroatoms. The number of carbonyl (C=O) groups excluding carboxylic acids is 7. The fraction of sp³-hybridized carbons (Fsp3) is 0.238. The molecule has 69 heavy (non-hydrogen) atoms. The summed E-state index contributed by atoms with van der Waals surface area (Å²) in [5.74, 6) is -2.57. The van der Waals surface area contributed by atoms with Gasteiger partial charge in [-0.3, -0.25) is 80.4 Å². The highest BCUT2D eigenvalue weighted by Crippen LogP contribution is 2.15. The van der Waals surface area contributed by atoms with Crippen molar-refractivity contribution in [2.45, 2.75) is 64.2 Å². The molecule has 0 saturated carbocycles. The quantitative estimate of drug-likeness (QED) is 0.0604. The average molecular weight is 947 g/mol. The first-order chi connectivity index (χ1) is 33.3. The zero-order valence-corrected chi connectivity index (χ0v) is 36.2. The number of hydrogen-bond donors (Lipinski definition) is 8. The van der Waals surface area contributed by atoms with E-state index in [1.165, 1.54) is 12.4 Å². The number of amidine groups is 4. The maximum Gasteiger partial charge on any atom is 0.333 e. The van der Waals surface area contributed by atoms with Crippen LogP contribution in [-0.4, -0.2) is 111 Å². The van der Waals surface area contributed by atoms with Crippen LogP contribution in [0, 0.1) is 0 Å². The van der Waals surface area contributed by atoms with Gasteiger partial charge in [0.2, 0.25) is 11.8 Å². The molecular weight excluding hydrogens is 905 g/mol. The van der Waals surface area contributed by atoms with Gasteiger partial charge in [-0.1, -0.05) is 12.1 Å². The Morgan fingerprint density at radius 1 is 0.536 bits per heavy atom. The highest BCUT2D eigenvalue weighted by molar-refractivity contribution is 6.06. The number of aromatic nitrogens is 4. The Bertz CT molecular complexity index is 2650. The van der Waals surface area contributed by atoms with E-state index in [2.05, 4.69) is 72.7 Å². The summed E-state index contributed by atoms with van der Waals surface area (Å²) in [5, 5.41) is 39.7. The Morgan fingerprint density at radius 2 is 0.942 bits per heavy atom. The van der Waals surface area contributed by atoms with Gasteiger partial charge in [0.1, 0.15) is 22.8 Å². The van der Waals surface area contributed by atoms with E-state index in [-0.39, 0.29) is 81.1 Å². The molecule has 4 aromatic heterocycles. The third kappa shape index (κ3) is 14.8. The summed E-state index contributed by atoms with van der Waals surface area (Å²) in [7, 11) is 0. The van der Waals surface area contributed by atoms with E-state index in [0.717, 1.165) is 0 Å². The molecule has 4 aliphatic heterocycles. The average Bonchev–Trinajstić information content (AvgIpc) is 3.84. The van der Waals surface area contributed by atoms with Gasteiger partial charge in [-0.05, 0) is 61.4 Å². The van der Waals surface area contributed by atoms with Crippen molar-refractivity contribution in [3.63, 3.8) is 0 Å². The summed E-state index contributed by atoms with van der Waals surface area (Å²) in [6, 6.07) is 17.6. The van der Waals surface area contributed by atoms with Crippen molar-refractivity contribution >= 4 is 82.1 Å². The first-order valence-corrected chi connectivity index (χ1v) is 20.9. The Kier molecular flexibility index (Phi) is 17.2. The number of imide groups is 2. The molecule has 0 atom stereocenters. The molecular formula is C42H42N16O11. The zero-order chi connectivity index (χ0) is 49.1. The number of nitrogens with zero attached hydrogens (tertiary/aromatic N) is 10. The third-order valence-electron chi connectivity index (χ3n) is 9.29. The molecule has 27 nitrogen and oxygen atoms in total. The van der Waals surface area contributed by atoms with Crippen molar-refractivity contribution in [1.29, 1.82) is 0 Å². The predicted molar refractivity (Wildman–Crippen MR) is 238 cm³/mol. The molecule has 0 radical (unpaired) electrons. The smallest absolute Gasteiger partial charge is 0.333 e. The summed E-state index contributed by atoms with van der Waals surface area (Å²) < 4.78 is 0. The van der Waals surface area contributed by atoms with Gasteiger partial charge in [-0.25, -0.2) is 4.79 Å². The van der Waals surface area contributed by atoms with Crippen LogP contribution < -0.4 is 32.3 Å². The Hall–Kier alpha value is -9.40. The van der Waals surface area contributed by atoms with Crippen molar-refractivity contribution in [1.82, 2.24) is 51.8 Å². The number of rotatable bonds is 15. The summed E-state index contributed by atoms with van der Waals surface area (Å²) in [6.07, 6.45) is 7.13. The maximum atomic E-state index is 12.1. The number of pyridine rings is 4. The molecule has 356 valence electrons. The first kappa shape index (κ1) is 49.0. The summed E-state index contributed by atoms with van der Waals surface area (Å²) in [5.41, 5.74) is 14.6. The van der Waals surface area contributed by atoms with Crippen LogP contribution in [0.1, 0.15) is 87.0 Å². The van der Waals surface area contributed by atoms with Crippen LogP contribution in [-0.2, 0) is 43.2 Å². The lowest BCUT2D eigenvalue weighted by Crippen LogP contribution is -2.35.